The van der Waals surface area contributed by atoms with Crippen LogP contribution >= 0.6 is 23.2 Å². The molecule has 0 saturated carbocycles. The first kappa shape index (κ1) is 15.6. The summed E-state index contributed by atoms with van der Waals surface area (Å²) in [6, 6.07) is 4.80. The van der Waals surface area contributed by atoms with Crippen LogP contribution in [0.3, 0.4) is 0 Å². The highest BCUT2D eigenvalue weighted by molar-refractivity contribution is 6.36. The largest absolute Gasteiger partial charge is 0.453 e. The van der Waals surface area contributed by atoms with Crippen LogP contribution in [0.25, 0.3) is 0 Å². The average Bonchev–Trinajstić information content (AvgIpc) is 2.39. The van der Waals surface area contributed by atoms with Crippen molar-refractivity contribution < 1.29 is 14.4 Å². The number of piperidine rings is 1. The maximum atomic E-state index is 12.1. The van der Waals surface area contributed by atoms with E-state index in [0.29, 0.717) is 15.6 Å². The number of rotatable bonds is 4. The summed E-state index contributed by atoms with van der Waals surface area (Å²) in [5.74, 6) is -0.379. The summed E-state index contributed by atoms with van der Waals surface area (Å²) < 4.78 is 5.47. The van der Waals surface area contributed by atoms with Crippen molar-refractivity contribution in [2.75, 3.05) is 19.6 Å². The van der Waals surface area contributed by atoms with Gasteiger partial charge in [-0.15, -0.1) is 0 Å². The van der Waals surface area contributed by atoms with Crippen LogP contribution < -0.4 is 4.90 Å². The number of hydrogen-bond donors (Lipinski definition) is 1. The number of ether oxygens (including phenoxy) is 1. The fraction of sp³-hybridized carbons (Fsp3) is 0.533. The predicted octanol–water partition coefficient (Wildman–Crippen LogP) is 2.61. The summed E-state index contributed by atoms with van der Waals surface area (Å²) >= 11 is 11.8. The summed E-state index contributed by atoms with van der Waals surface area (Å²) in [5, 5.41) is 0.845. The number of carbonyl (C=O) groups excluding carboxylic acids is 1. The highest BCUT2D eigenvalue weighted by Gasteiger charge is 2.21. The summed E-state index contributed by atoms with van der Waals surface area (Å²) in [7, 11) is 0. The Balaban J connectivity index is 1.89. The van der Waals surface area contributed by atoms with Gasteiger partial charge in [0.15, 0.2) is 0 Å². The molecule has 1 N–H and O–H groups in total. The first-order valence-electron chi connectivity index (χ1n) is 7.06. The van der Waals surface area contributed by atoms with Crippen LogP contribution in [0.5, 0.6) is 0 Å². The molecular formula is C15H20Cl2NO2+. The van der Waals surface area contributed by atoms with Gasteiger partial charge in [0.1, 0.15) is 12.6 Å². The number of halogens is 2. The lowest BCUT2D eigenvalue weighted by Crippen LogP contribution is -3.13. The molecule has 1 aromatic carbocycles. The third kappa shape index (κ3) is 4.37. The van der Waals surface area contributed by atoms with E-state index in [1.54, 1.807) is 18.2 Å². The van der Waals surface area contributed by atoms with Gasteiger partial charge in [-0.05, 0) is 44.4 Å². The Morgan fingerprint density at radius 3 is 2.65 bits per heavy atom. The highest BCUT2D eigenvalue weighted by Crippen LogP contribution is 2.21. The standard InChI is InChI=1S/C15H19Cl2NO2/c1-11(10-18-7-3-2-4-8-18)20-15(19)13-6-5-12(16)9-14(13)17/h5-6,9,11H,2-4,7-8,10H2,1H3/p+1/t11-/m1/s1. The van der Waals surface area contributed by atoms with E-state index in [9.17, 15) is 4.79 Å². The Labute approximate surface area is 129 Å². The second-order valence-electron chi connectivity index (χ2n) is 5.35. The lowest BCUT2D eigenvalue weighted by atomic mass is 10.1. The second-order valence-corrected chi connectivity index (χ2v) is 6.20. The number of likely N-dealkylation sites (tertiary alicyclic amines) is 1. The SMILES string of the molecule is C[C@H](C[NH+]1CCCCC1)OC(=O)c1ccc(Cl)cc1Cl. The molecule has 5 heteroatoms. The van der Waals surface area contributed by atoms with Gasteiger partial charge in [-0.2, -0.15) is 0 Å². The van der Waals surface area contributed by atoms with Gasteiger partial charge in [0.2, 0.25) is 0 Å². The molecule has 1 atom stereocenters. The van der Waals surface area contributed by atoms with Crippen LogP contribution in [0.4, 0.5) is 0 Å². The monoisotopic (exact) mass is 316 g/mol. The molecule has 1 aliphatic heterocycles. The number of hydrogen-bond acceptors (Lipinski definition) is 2. The van der Waals surface area contributed by atoms with Crippen molar-refractivity contribution in [2.24, 2.45) is 0 Å². The van der Waals surface area contributed by atoms with Crippen molar-refractivity contribution in [3.8, 4) is 0 Å². The Kier molecular flexibility index (Phi) is 5.70. The Morgan fingerprint density at radius 2 is 2.00 bits per heavy atom. The maximum Gasteiger partial charge on any atom is 0.340 e. The first-order chi connectivity index (χ1) is 9.56. The van der Waals surface area contributed by atoms with Gasteiger partial charge < -0.3 is 9.64 Å². The fourth-order valence-electron chi connectivity index (χ4n) is 2.61. The number of nitrogens with one attached hydrogen (secondary N) is 1. The van der Waals surface area contributed by atoms with Gasteiger partial charge in [0.25, 0.3) is 0 Å². The van der Waals surface area contributed by atoms with Crippen molar-refractivity contribution in [2.45, 2.75) is 32.3 Å². The molecule has 0 radical (unpaired) electrons. The summed E-state index contributed by atoms with van der Waals surface area (Å²) in [6.07, 6.45) is 3.73. The van der Waals surface area contributed by atoms with E-state index in [-0.39, 0.29) is 12.1 Å². The van der Waals surface area contributed by atoms with Crippen molar-refractivity contribution >= 4 is 29.2 Å². The normalized spacial score (nSPS) is 17.8. The lowest BCUT2D eigenvalue weighted by Gasteiger charge is -2.26. The topological polar surface area (TPSA) is 30.7 Å². The lowest BCUT2D eigenvalue weighted by molar-refractivity contribution is -0.907. The van der Waals surface area contributed by atoms with E-state index < -0.39 is 0 Å². The molecule has 0 aliphatic carbocycles. The Morgan fingerprint density at radius 1 is 1.30 bits per heavy atom. The molecule has 0 aromatic heterocycles. The fourth-order valence-corrected chi connectivity index (χ4v) is 3.09. The van der Waals surface area contributed by atoms with Gasteiger partial charge in [-0.25, -0.2) is 4.79 Å². The van der Waals surface area contributed by atoms with Gasteiger partial charge in [-0.1, -0.05) is 23.2 Å². The van der Waals surface area contributed by atoms with Crippen LogP contribution in [-0.2, 0) is 4.74 Å². The quantitative estimate of drug-likeness (QED) is 0.866. The Bertz CT molecular complexity index is 473. The van der Waals surface area contributed by atoms with E-state index in [4.69, 9.17) is 27.9 Å². The van der Waals surface area contributed by atoms with E-state index in [2.05, 4.69) is 0 Å². The molecule has 110 valence electrons. The zero-order chi connectivity index (χ0) is 14.5. The minimum atomic E-state index is -0.379. The van der Waals surface area contributed by atoms with Crippen molar-refractivity contribution in [1.82, 2.24) is 0 Å². The smallest absolute Gasteiger partial charge is 0.340 e. The third-order valence-electron chi connectivity index (χ3n) is 3.60. The molecule has 0 amide bonds. The molecule has 2 rings (SSSR count). The van der Waals surface area contributed by atoms with Gasteiger partial charge in [-0.3, -0.25) is 0 Å². The molecule has 1 saturated heterocycles. The molecule has 3 nitrogen and oxygen atoms in total. The van der Waals surface area contributed by atoms with Crippen molar-refractivity contribution in [3.63, 3.8) is 0 Å². The predicted molar refractivity (Wildman–Crippen MR) is 80.8 cm³/mol. The van der Waals surface area contributed by atoms with Crippen molar-refractivity contribution in [1.29, 1.82) is 0 Å². The molecule has 1 heterocycles. The van der Waals surface area contributed by atoms with Gasteiger partial charge >= 0.3 is 5.97 Å². The van der Waals surface area contributed by atoms with Crippen LogP contribution in [0.2, 0.25) is 10.0 Å². The molecule has 1 aliphatic rings. The van der Waals surface area contributed by atoms with E-state index in [1.165, 1.54) is 37.3 Å². The van der Waals surface area contributed by atoms with E-state index in [1.807, 2.05) is 6.92 Å². The maximum absolute atomic E-state index is 12.1. The minimum absolute atomic E-state index is 0.109. The van der Waals surface area contributed by atoms with Gasteiger partial charge in [0.05, 0.1) is 23.7 Å². The van der Waals surface area contributed by atoms with Crippen LogP contribution in [0.1, 0.15) is 36.5 Å². The number of benzene rings is 1. The summed E-state index contributed by atoms with van der Waals surface area (Å²) in [4.78, 5) is 13.6. The molecular weight excluding hydrogens is 297 g/mol. The van der Waals surface area contributed by atoms with E-state index in [0.717, 1.165) is 6.54 Å². The second kappa shape index (κ2) is 7.30. The van der Waals surface area contributed by atoms with Gasteiger partial charge in [0, 0.05) is 5.02 Å². The third-order valence-corrected chi connectivity index (χ3v) is 4.14. The molecule has 1 aromatic rings. The Hall–Kier alpha value is -0.770. The molecule has 0 bridgehead atoms. The van der Waals surface area contributed by atoms with Crippen LogP contribution in [0, 0.1) is 0 Å². The number of esters is 1. The van der Waals surface area contributed by atoms with Crippen LogP contribution in [0.15, 0.2) is 18.2 Å². The molecule has 0 spiro atoms. The number of quaternary nitrogens is 1. The number of carbonyl (C=O) groups is 1. The first-order valence-corrected chi connectivity index (χ1v) is 7.81. The zero-order valence-corrected chi connectivity index (χ0v) is 13.1. The average molecular weight is 317 g/mol. The van der Waals surface area contributed by atoms with Crippen molar-refractivity contribution in [3.05, 3.63) is 33.8 Å². The molecule has 20 heavy (non-hydrogen) atoms. The molecule has 1 fully saturated rings. The summed E-state index contributed by atoms with van der Waals surface area (Å²) in [6.45, 7) is 5.13. The minimum Gasteiger partial charge on any atom is -0.453 e. The summed E-state index contributed by atoms with van der Waals surface area (Å²) in [5.41, 5.74) is 0.372. The zero-order valence-electron chi connectivity index (χ0n) is 11.6. The van der Waals surface area contributed by atoms with E-state index >= 15 is 0 Å². The highest BCUT2D eigenvalue weighted by atomic mass is 35.5. The molecule has 0 unspecified atom stereocenters. The van der Waals surface area contributed by atoms with Crippen LogP contribution in [-0.4, -0.2) is 31.7 Å².